The van der Waals surface area contributed by atoms with E-state index in [1.807, 2.05) is 12.1 Å². The quantitative estimate of drug-likeness (QED) is 0.800. The van der Waals surface area contributed by atoms with E-state index in [9.17, 15) is 4.39 Å². The standard InChI is InChI=1S/C13H18FN/c14-13-7-5-12(6-8-13)10-15-9-11-3-1-2-4-11/h5-8,11,15H,1-4,9-10H2. The fourth-order valence-corrected chi connectivity index (χ4v) is 2.24. The van der Waals surface area contributed by atoms with Crippen LogP contribution in [0.15, 0.2) is 24.3 Å². The highest BCUT2D eigenvalue weighted by Gasteiger charge is 2.13. The molecule has 1 saturated carbocycles. The van der Waals surface area contributed by atoms with Crippen molar-refractivity contribution in [2.75, 3.05) is 6.54 Å². The van der Waals surface area contributed by atoms with Gasteiger partial charge in [0.2, 0.25) is 0 Å². The van der Waals surface area contributed by atoms with Crippen molar-refractivity contribution in [2.45, 2.75) is 32.2 Å². The molecule has 1 aliphatic carbocycles. The molecular weight excluding hydrogens is 189 g/mol. The van der Waals surface area contributed by atoms with E-state index in [0.29, 0.717) is 0 Å². The van der Waals surface area contributed by atoms with Crippen LogP contribution in [0.5, 0.6) is 0 Å². The fourth-order valence-electron chi connectivity index (χ4n) is 2.24. The third-order valence-corrected chi connectivity index (χ3v) is 3.15. The zero-order chi connectivity index (χ0) is 10.5. The van der Waals surface area contributed by atoms with Crippen LogP contribution in [0.4, 0.5) is 4.39 Å². The Kier molecular flexibility index (Phi) is 3.73. The summed E-state index contributed by atoms with van der Waals surface area (Å²) in [5.41, 5.74) is 1.16. The molecule has 82 valence electrons. The van der Waals surface area contributed by atoms with E-state index < -0.39 is 0 Å². The first kappa shape index (κ1) is 10.6. The van der Waals surface area contributed by atoms with E-state index in [1.54, 1.807) is 0 Å². The third kappa shape index (κ3) is 3.31. The van der Waals surface area contributed by atoms with Crippen molar-refractivity contribution in [3.63, 3.8) is 0 Å². The maximum atomic E-state index is 12.6. The highest BCUT2D eigenvalue weighted by molar-refractivity contribution is 5.15. The number of nitrogens with one attached hydrogen (secondary N) is 1. The summed E-state index contributed by atoms with van der Waals surface area (Å²) in [5, 5.41) is 3.44. The second kappa shape index (κ2) is 5.26. The van der Waals surface area contributed by atoms with E-state index >= 15 is 0 Å². The minimum absolute atomic E-state index is 0.158. The van der Waals surface area contributed by atoms with Crippen molar-refractivity contribution in [1.29, 1.82) is 0 Å². The second-order valence-electron chi connectivity index (χ2n) is 4.41. The van der Waals surface area contributed by atoms with E-state index in [0.717, 1.165) is 24.6 Å². The Morgan fingerprint density at radius 3 is 2.47 bits per heavy atom. The molecule has 2 heteroatoms. The molecule has 1 aliphatic rings. The molecule has 1 nitrogen and oxygen atoms in total. The van der Waals surface area contributed by atoms with Gasteiger partial charge in [-0.25, -0.2) is 4.39 Å². The van der Waals surface area contributed by atoms with Crippen LogP contribution in [0, 0.1) is 11.7 Å². The van der Waals surface area contributed by atoms with Crippen molar-refractivity contribution in [2.24, 2.45) is 5.92 Å². The van der Waals surface area contributed by atoms with Gasteiger partial charge < -0.3 is 5.32 Å². The molecule has 0 spiro atoms. The molecular formula is C13H18FN. The minimum atomic E-state index is -0.158. The molecule has 1 fully saturated rings. The molecule has 0 heterocycles. The summed E-state index contributed by atoms with van der Waals surface area (Å²) in [4.78, 5) is 0. The molecule has 2 rings (SSSR count). The molecule has 15 heavy (non-hydrogen) atoms. The topological polar surface area (TPSA) is 12.0 Å². The van der Waals surface area contributed by atoms with Gasteiger partial charge >= 0.3 is 0 Å². The summed E-state index contributed by atoms with van der Waals surface area (Å²) < 4.78 is 12.6. The van der Waals surface area contributed by atoms with Gasteiger partial charge in [-0.1, -0.05) is 25.0 Å². The zero-order valence-corrected chi connectivity index (χ0v) is 9.01. The SMILES string of the molecule is Fc1ccc(CNCC2CCCC2)cc1. The summed E-state index contributed by atoms with van der Waals surface area (Å²) in [5.74, 6) is 0.708. The van der Waals surface area contributed by atoms with Crippen molar-refractivity contribution in [3.05, 3.63) is 35.6 Å². The highest BCUT2D eigenvalue weighted by atomic mass is 19.1. The molecule has 1 N–H and O–H groups in total. The maximum Gasteiger partial charge on any atom is 0.123 e. The van der Waals surface area contributed by atoms with Gasteiger partial charge in [0.1, 0.15) is 5.82 Å². The second-order valence-corrected chi connectivity index (χ2v) is 4.41. The number of hydrogen-bond acceptors (Lipinski definition) is 1. The first-order valence-electron chi connectivity index (χ1n) is 5.80. The Morgan fingerprint density at radius 2 is 1.80 bits per heavy atom. The van der Waals surface area contributed by atoms with Gasteiger partial charge in [-0.05, 0) is 43.0 Å². The van der Waals surface area contributed by atoms with Crippen LogP contribution >= 0.6 is 0 Å². The van der Waals surface area contributed by atoms with Crippen LogP contribution in [0.2, 0.25) is 0 Å². The normalized spacial score (nSPS) is 17.1. The third-order valence-electron chi connectivity index (χ3n) is 3.15. The monoisotopic (exact) mass is 207 g/mol. The van der Waals surface area contributed by atoms with Crippen LogP contribution in [0.1, 0.15) is 31.2 Å². The van der Waals surface area contributed by atoms with E-state index in [2.05, 4.69) is 5.32 Å². The average molecular weight is 207 g/mol. The lowest BCUT2D eigenvalue weighted by molar-refractivity contribution is 0.489. The fraction of sp³-hybridized carbons (Fsp3) is 0.538. The molecule has 0 bridgehead atoms. The van der Waals surface area contributed by atoms with Crippen molar-refractivity contribution < 1.29 is 4.39 Å². The van der Waals surface area contributed by atoms with Crippen LogP contribution in [-0.4, -0.2) is 6.54 Å². The van der Waals surface area contributed by atoms with E-state index in [-0.39, 0.29) is 5.82 Å². The summed E-state index contributed by atoms with van der Waals surface area (Å²) in [6.45, 7) is 1.97. The molecule has 1 aromatic carbocycles. The molecule has 1 aromatic rings. The molecule has 0 aromatic heterocycles. The summed E-state index contributed by atoms with van der Waals surface area (Å²) in [7, 11) is 0. The Balaban J connectivity index is 1.71. The minimum Gasteiger partial charge on any atom is -0.312 e. The van der Waals surface area contributed by atoms with Gasteiger partial charge in [-0.2, -0.15) is 0 Å². The largest absolute Gasteiger partial charge is 0.312 e. The lowest BCUT2D eigenvalue weighted by Gasteiger charge is -2.10. The van der Waals surface area contributed by atoms with Gasteiger partial charge in [0, 0.05) is 6.54 Å². The maximum absolute atomic E-state index is 12.6. The predicted molar refractivity (Wildman–Crippen MR) is 60.1 cm³/mol. The smallest absolute Gasteiger partial charge is 0.123 e. The number of rotatable bonds is 4. The number of hydrogen-bond donors (Lipinski definition) is 1. The Bertz CT molecular complexity index is 288. The Morgan fingerprint density at radius 1 is 1.13 bits per heavy atom. The Labute approximate surface area is 90.7 Å². The summed E-state index contributed by atoms with van der Waals surface area (Å²) in [6, 6.07) is 6.73. The average Bonchev–Trinajstić information content (AvgIpc) is 2.74. The van der Waals surface area contributed by atoms with Crippen LogP contribution in [0.3, 0.4) is 0 Å². The van der Waals surface area contributed by atoms with Gasteiger partial charge in [0.05, 0.1) is 0 Å². The molecule has 0 amide bonds. The number of halogens is 1. The lowest BCUT2D eigenvalue weighted by Crippen LogP contribution is -2.20. The van der Waals surface area contributed by atoms with E-state index in [1.165, 1.54) is 37.8 Å². The van der Waals surface area contributed by atoms with Gasteiger partial charge in [0.25, 0.3) is 0 Å². The van der Waals surface area contributed by atoms with E-state index in [4.69, 9.17) is 0 Å². The molecule has 0 radical (unpaired) electrons. The first-order chi connectivity index (χ1) is 7.34. The van der Waals surface area contributed by atoms with Gasteiger partial charge in [-0.15, -0.1) is 0 Å². The molecule has 0 unspecified atom stereocenters. The van der Waals surface area contributed by atoms with Gasteiger partial charge in [-0.3, -0.25) is 0 Å². The van der Waals surface area contributed by atoms with Crippen molar-refractivity contribution in [3.8, 4) is 0 Å². The number of benzene rings is 1. The molecule has 0 aliphatic heterocycles. The lowest BCUT2D eigenvalue weighted by atomic mass is 10.1. The van der Waals surface area contributed by atoms with Crippen LogP contribution in [0.25, 0.3) is 0 Å². The predicted octanol–water partition coefficient (Wildman–Crippen LogP) is 3.11. The van der Waals surface area contributed by atoms with Crippen molar-refractivity contribution >= 4 is 0 Å². The zero-order valence-electron chi connectivity index (χ0n) is 9.01. The first-order valence-corrected chi connectivity index (χ1v) is 5.80. The Hall–Kier alpha value is -0.890. The molecule has 0 atom stereocenters. The van der Waals surface area contributed by atoms with Crippen LogP contribution in [-0.2, 0) is 6.54 Å². The van der Waals surface area contributed by atoms with Crippen LogP contribution < -0.4 is 5.32 Å². The summed E-state index contributed by atoms with van der Waals surface area (Å²) >= 11 is 0. The molecule has 0 saturated heterocycles. The highest BCUT2D eigenvalue weighted by Crippen LogP contribution is 2.23. The van der Waals surface area contributed by atoms with Crippen molar-refractivity contribution in [1.82, 2.24) is 5.32 Å². The summed E-state index contributed by atoms with van der Waals surface area (Å²) in [6.07, 6.45) is 5.53. The van der Waals surface area contributed by atoms with Gasteiger partial charge in [0.15, 0.2) is 0 Å².